The zero-order valence-corrected chi connectivity index (χ0v) is 41.5. The van der Waals surface area contributed by atoms with Crippen molar-refractivity contribution in [3.05, 3.63) is 136 Å². The summed E-state index contributed by atoms with van der Waals surface area (Å²) in [4.78, 5) is 5.44. The Balaban J connectivity index is 1.23. The molecule has 0 N–H and O–H groups in total. The van der Waals surface area contributed by atoms with Crippen molar-refractivity contribution in [1.82, 2.24) is 0 Å². The molecule has 7 aromatic rings. The molecule has 0 amide bonds. The second kappa shape index (κ2) is 12.8. The lowest BCUT2D eigenvalue weighted by Crippen LogP contribution is -2.62. The monoisotopic (exact) mass is 856 g/mol. The van der Waals surface area contributed by atoms with Crippen molar-refractivity contribution in [3.8, 4) is 0 Å². The molecule has 2 aliphatic heterocycles. The van der Waals surface area contributed by atoms with Gasteiger partial charge in [0.15, 0.2) is 0 Å². The topological polar surface area (TPSA) is 6.48 Å². The minimum atomic E-state index is 0.0589. The summed E-state index contributed by atoms with van der Waals surface area (Å²) in [5.74, 6) is 0. The maximum atomic E-state index is 2.72. The van der Waals surface area contributed by atoms with Crippen LogP contribution in [0.3, 0.4) is 0 Å². The van der Waals surface area contributed by atoms with Gasteiger partial charge in [0.05, 0.1) is 5.69 Å². The molecule has 0 unspecified atom stereocenters. The average Bonchev–Trinajstić information content (AvgIpc) is 3.70. The highest BCUT2D eigenvalue weighted by molar-refractivity contribution is 7.26. The van der Waals surface area contributed by atoms with Gasteiger partial charge in [0.25, 0.3) is 6.71 Å². The van der Waals surface area contributed by atoms with Crippen LogP contribution in [0, 0.1) is 6.92 Å². The Hall–Kier alpha value is -4.80. The first-order chi connectivity index (χ1) is 30.1. The molecular weight excluding hydrogens is 792 g/mol. The predicted molar refractivity (Wildman–Crippen MR) is 279 cm³/mol. The summed E-state index contributed by atoms with van der Waals surface area (Å²) in [6, 6.07) is 39.5. The van der Waals surface area contributed by atoms with Crippen LogP contribution in [0.15, 0.2) is 97.1 Å². The van der Waals surface area contributed by atoms with E-state index in [1.807, 2.05) is 11.3 Å². The van der Waals surface area contributed by atoms with Gasteiger partial charge in [-0.3, -0.25) is 0 Å². The highest BCUT2D eigenvalue weighted by Crippen LogP contribution is 2.56. The van der Waals surface area contributed by atoms with Crippen LogP contribution in [-0.4, -0.2) is 6.71 Å². The number of benzene rings is 6. The van der Waals surface area contributed by atoms with E-state index < -0.39 is 0 Å². The third-order valence-electron chi connectivity index (χ3n) is 17.4. The molecule has 5 aliphatic rings. The van der Waals surface area contributed by atoms with Crippen LogP contribution in [0.25, 0.3) is 20.2 Å². The number of nitrogens with zero attached hydrogens (tertiary/aromatic N) is 2. The van der Waals surface area contributed by atoms with Crippen LogP contribution in [0.5, 0.6) is 0 Å². The fourth-order valence-electron chi connectivity index (χ4n) is 13.8. The molecule has 0 spiro atoms. The van der Waals surface area contributed by atoms with E-state index in [4.69, 9.17) is 0 Å². The van der Waals surface area contributed by atoms with Crippen molar-refractivity contribution in [2.75, 3.05) is 9.80 Å². The quantitative estimate of drug-likeness (QED) is 0.160. The molecule has 0 atom stereocenters. The second-order valence-corrected chi connectivity index (χ2v) is 25.8. The van der Waals surface area contributed by atoms with Gasteiger partial charge in [0.1, 0.15) is 0 Å². The van der Waals surface area contributed by atoms with E-state index in [1.54, 1.807) is 0 Å². The van der Waals surface area contributed by atoms with E-state index in [0.717, 1.165) is 6.42 Å². The molecule has 0 radical (unpaired) electrons. The Morgan fingerprint density at radius 2 is 0.938 bits per heavy atom. The van der Waals surface area contributed by atoms with Crippen LogP contribution in [-0.2, 0) is 32.5 Å². The average molecular weight is 857 g/mol. The van der Waals surface area contributed by atoms with Gasteiger partial charge >= 0.3 is 0 Å². The van der Waals surface area contributed by atoms with E-state index >= 15 is 0 Å². The van der Waals surface area contributed by atoms with Crippen LogP contribution >= 0.6 is 11.3 Å². The molecule has 2 nitrogen and oxygen atoms in total. The second-order valence-electron chi connectivity index (χ2n) is 24.7. The van der Waals surface area contributed by atoms with Gasteiger partial charge in [-0.05, 0) is 181 Å². The number of rotatable bonds is 2. The van der Waals surface area contributed by atoms with Crippen LogP contribution in [0.1, 0.15) is 154 Å². The number of anilines is 6. The third kappa shape index (κ3) is 5.50. The molecule has 0 fully saturated rings. The van der Waals surface area contributed by atoms with Crippen LogP contribution < -0.4 is 26.2 Å². The largest absolute Gasteiger partial charge is 0.311 e. The first kappa shape index (κ1) is 40.7. The van der Waals surface area contributed by atoms with E-state index in [2.05, 4.69) is 197 Å². The molecule has 324 valence electrons. The maximum Gasteiger partial charge on any atom is 0.252 e. The summed E-state index contributed by atoms with van der Waals surface area (Å²) < 4.78 is 2.69. The summed E-state index contributed by atoms with van der Waals surface area (Å²) in [5, 5.41) is 2.70. The zero-order valence-electron chi connectivity index (χ0n) is 40.7. The lowest BCUT2D eigenvalue weighted by atomic mass is 9.33. The van der Waals surface area contributed by atoms with Crippen LogP contribution in [0.2, 0.25) is 0 Å². The van der Waals surface area contributed by atoms with Gasteiger partial charge in [-0.15, -0.1) is 11.3 Å². The van der Waals surface area contributed by atoms with Crippen molar-refractivity contribution < 1.29 is 0 Å². The molecule has 0 bridgehead atoms. The summed E-state index contributed by atoms with van der Waals surface area (Å²) in [6.07, 6.45) is 5.92. The van der Waals surface area contributed by atoms with Crippen molar-refractivity contribution in [3.63, 3.8) is 0 Å². The lowest BCUT2D eigenvalue weighted by molar-refractivity contribution is 0.332. The molecule has 6 aromatic carbocycles. The molecule has 64 heavy (non-hydrogen) atoms. The standard InChI is InChI=1S/C60H65BN2S/c1-35-27-49-54-50(28-35)63(46-18-16-20-52-53(46)37-17-14-15-19-51(37)64-52)48-33-43-41(59(10,11)34-60(43,12)13)31-45(48)61(54)44-30-40-42(58(8,9)26-25-57(40,6)7)32-47(44)62(49)36-21-22-38-39(29-36)56(4,5)24-23-55(38,2)3/h14-22,27-33H,23-26,34H2,1-13H3. The molecule has 12 rings (SSSR count). The van der Waals surface area contributed by atoms with Gasteiger partial charge in [-0.25, -0.2) is 0 Å². The van der Waals surface area contributed by atoms with Crippen molar-refractivity contribution >= 4 is 88.7 Å². The van der Waals surface area contributed by atoms with E-state index in [-0.39, 0.29) is 39.2 Å². The summed E-state index contributed by atoms with van der Waals surface area (Å²) in [5.41, 5.74) is 23.1. The Morgan fingerprint density at radius 3 is 1.58 bits per heavy atom. The van der Waals surface area contributed by atoms with Crippen molar-refractivity contribution in [1.29, 1.82) is 0 Å². The normalized spacial score (nSPS) is 20.9. The Bertz CT molecular complexity index is 3190. The SMILES string of the molecule is Cc1cc2c3c(c1)N(c1cccc4sc5ccccc5c14)c1cc4c(cc1B3c1cc3c(cc1N2c1ccc2c(c1)C(C)(C)CCC2(C)C)C(C)(C)CCC3(C)C)C(C)(C)CC4(C)C. The van der Waals surface area contributed by atoms with Gasteiger partial charge in [-0.2, -0.15) is 0 Å². The fourth-order valence-corrected chi connectivity index (χ4v) is 15.0. The third-order valence-corrected chi connectivity index (χ3v) is 18.5. The maximum absolute atomic E-state index is 2.72. The van der Waals surface area contributed by atoms with Gasteiger partial charge in [0, 0.05) is 48.6 Å². The van der Waals surface area contributed by atoms with Gasteiger partial charge in [0.2, 0.25) is 0 Å². The van der Waals surface area contributed by atoms with E-state index in [0.29, 0.717) is 0 Å². The number of aryl methyl sites for hydroxylation is 1. The van der Waals surface area contributed by atoms with Crippen molar-refractivity contribution in [2.24, 2.45) is 0 Å². The molecule has 3 heterocycles. The molecule has 0 saturated carbocycles. The fraction of sp³-hybridized carbons (Fsp3) is 0.400. The minimum Gasteiger partial charge on any atom is -0.311 e. The van der Waals surface area contributed by atoms with Crippen LogP contribution in [0.4, 0.5) is 34.1 Å². The van der Waals surface area contributed by atoms with Gasteiger partial charge in [-0.1, -0.05) is 126 Å². The minimum absolute atomic E-state index is 0.0589. The number of hydrogen-bond donors (Lipinski definition) is 0. The summed E-state index contributed by atoms with van der Waals surface area (Å²) in [6.45, 7) is 32.2. The Kier molecular flexibility index (Phi) is 8.11. The van der Waals surface area contributed by atoms with Gasteiger partial charge < -0.3 is 9.80 Å². The lowest BCUT2D eigenvalue weighted by Gasteiger charge is -2.48. The summed E-state index contributed by atoms with van der Waals surface area (Å²) in [7, 11) is 0. The van der Waals surface area contributed by atoms with E-state index in [9.17, 15) is 0 Å². The smallest absolute Gasteiger partial charge is 0.252 e. The number of hydrogen-bond acceptors (Lipinski definition) is 3. The molecule has 4 heteroatoms. The highest BCUT2D eigenvalue weighted by atomic mass is 32.1. The predicted octanol–water partition coefficient (Wildman–Crippen LogP) is 15.1. The first-order valence-corrected chi connectivity index (χ1v) is 25.1. The summed E-state index contributed by atoms with van der Waals surface area (Å²) >= 11 is 1.92. The van der Waals surface area contributed by atoms with E-state index in [1.165, 1.54) is 135 Å². The Labute approximate surface area is 387 Å². The van der Waals surface area contributed by atoms with Crippen molar-refractivity contribution in [2.45, 2.75) is 155 Å². The molecule has 1 aromatic heterocycles. The highest BCUT2D eigenvalue weighted by Gasteiger charge is 2.50. The molecule has 0 saturated heterocycles. The number of fused-ring (bicyclic) bond motifs is 10. The molecule has 3 aliphatic carbocycles. The first-order valence-electron chi connectivity index (χ1n) is 24.3. The molecular formula is C60H65BN2S. The zero-order chi connectivity index (χ0) is 44.8. The Morgan fingerprint density at radius 1 is 0.438 bits per heavy atom. The number of thiophene rings is 1.